The summed E-state index contributed by atoms with van der Waals surface area (Å²) in [7, 11) is 5.74. The molecule has 0 radical (unpaired) electrons. The first-order valence-corrected chi connectivity index (χ1v) is 9.40. The molecule has 2 N–H and O–H groups in total. The third-order valence-electron chi connectivity index (χ3n) is 4.92. The maximum absolute atomic E-state index is 14.0. The maximum Gasteiger partial charge on any atom is 0.191 e. The molecular formula is C21H27F2N5. The molecule has 0 saturated carbocycles. The molecular weight excluding hydrogens is 360 g/mol. The average Bonchev–Trinajstić information content (AvgIpc) is 3.13. The van der Waals surface area contributed by atoms with Crippen LogP contribution in [-0.4, -0.2) is 46.2 Å². The molecule has 0 bridgehead atoms. The lowest BCUT2D eigenvalue weighted by Gasteiger charge is -2.21. The monoisotopic (exact) mass is 387 g/mol. The van der Waals surface area contributed by atoms with Gasteiger partial charge in [0, 0.05) is 52.5 Å². The Labute approximate surface area is 165 Å². The van der Waals surface area contributed by atoms with E-state index < -0.39 is 11.6 Å². The molecule has 1 unspecified atom stereocenters. The summed E-state index contributed by atoms with van der Waals surface area (Å²) in [5.41, 5.74) is 2.35. The van der Waals surface area contributed by atoms with Gasteiger partial charge in [0.2, 0.25) is 0 Å². The van der Waals surface area contributed by atoms with Gasteiger partial charge in [-0.15, -0.1) is 0 Å². The van der Waals surface area contributed by atoms with Crippen molar-refractivity contribution in [1.29, 1.82) is 0 Å². The van der Waals surface area contributed by atoms with Crippen molar-refractivity contribution in [2.24, 2.45) is 4.99 Å². The van der Waals surface area contributed by atoms with E-state index in [0.29, 0.717) is 25.6 Å². The zero-order valence-electron chi connectivity index (χ0n) is 16.5. The quantitative estimate of drug-likeness (QED) is 0.612. The first-order valence-electron chi connectivity index (χ1n) is 9.40. The van der Waals surface area contributed by atoms with Crippen LogP contribution < -0.4 is 20.4 Å². The summed E-state index contributed by atoms with van der Waals surface area (Å²) in [6.07, 6.45) is 0.784. The van der Waals surface area contributed by atoms with E-state index >= 15 is 0 Å². The van der Waals surface area contributed by atoms with Crippen LogP contribution in [0.5, 0.6) is 0 Å². The Kier molecular flexibility index (Phi) is 6.34. The van der Waals surface area contributed by atoms with E-state index in [-0.39, 0.29) is 11.7 Å². The van der Waals surface area contributed by atoms with E-state index in [2.05, 4.69) is 44.8 Å². The van der Waals surface area contributed by atoms with Gasteiger partial charge in [0.1, 0.15) is 17.3 Å². The predicted molar refractivity (Wildman–Crippen MR) is 111 cm³/mol. The van der Waals surface area contributed by atoms with E-state index in [1.165, 1.54) is 18.2 Å². The fraction of sp³-hybridized carbons (Fsp3) is 0.381. The number of halogens is 2. The Balaban J connectivity index is 1.54. The van der Waals surface area contributed by atoms with E-state index in [1.54, 1.807) is 11.9 Å². The molecule has 7 heteroatoms. The summed E-state index contributed by atoms with van der Waals surface area (Å²) < 4.78 is 28.0. The van der Waals surface area contributed by atoms with Crippen LogP contribution in [0.2, 0.25) is 0 Å². The first-order chi connectivity index (χ1) is 13.5. The van der Waals surface area contributed by atoms with Gasteiger partial charge in [-0.2, -0.15) is 0 Å². The summed E-state index contributed by atoms with van der Waals surface area (Å²) in [6.45, 7) is 1.76. The van der Waals surface area contributed by atoms with Crippen molar-refractivity contribution < 1.29 is 8.78 Å². The van der Waals surface area contributed by atoms with E-state index in [1.807, 2.05) is 14.1 Å². The molecule has 28 heavy (non-hydrogen) atoms. The highest BCUT2D eigenvalue weighted by Crippen LogP contribution is 2.26. The SMILES string of the molecule is CN=C(NCc1ccc(N(C)C)cc1)NC1CCN(c2c(F)cccc2F)C1. The molecule has 2 aromatic carbocycles. The second-order valence-electron chi connectivity index (χ2n) is 7.13. The van der Waals surface area contributed by atoms with Gasteiger partial charge in [-0.1, -0.05) is 18.2 Å². The molecule has 150 valence electrons. The summed E-state index contributed by atoms with van der Waals surface area (Å²) >= 11 is 0. The van der Waals surface area contributed by atoms with Crippen molar-refractivity contribution in [2.45, 2.75) is 19.0 Å². The second kappa shape index (κ2) is 8.91. The normalized spacial score (nSPS) is 17.0. The standard InChI is InChI=1S/C21H27F2N5/c1-24-21(25-13-15-7-9-17(10-8-15)27(2)3)26-16-11-12-28(14-16)20-18(22)5-4-6-19(20)23/h4-10,16H,11-14H2,1-3H3,(H2,24,25,26). The first kappa shape index (κ1) is 19.9. The van der Waals surface area contributed by atoms with Gasteiger partial charge in [0.15, 0.2) is 5.96 Å². The van der Waals surface area contributed by atoms with E-state index in [9.17, 15) is 8.78 Å². The fourth-order valence-electron chi connectivity index (χ4n) is 3.36. The zero-order valence-corrected chi connectivity index (χ0v) is 16.5. The fourth-order valence-corrected chi connectivity index (χ4v) is 3.36. The highest BCUT2D eigenvalue weighted by atomic mass is 19.1. The number of hydrogen-bond donors (Lipinski definition) is 2. The molecule has 3 rings (SSSR count). The molecule has 0 amide bonds. The number of hydrogen-bond acceptors (Lipinski definition) is 3. The largest absolute Gasteiger partial charge is 0.378 e. The van der Waals surface area contributed by atoms with Crippen LogP contribution in [0.25, 0.3) is 0 Å². The van der Waals surface area contributed by atoms with Gasteiger partial charge in [0.25, 0.3) is 0 Å². The number of benzene rings is 2. The topological polar surface area (TPSA) is 42.9 Å². The summed E-state index contributed by atoms with van der Waals surface area (Å²) in [5.74, 6) is -0.369. The Morgan fingerprint density at radius 2 is 1.82 bits per heavy atom. The van der Waals surface area contributed by atoms with E-state index in [0.717, 1.165) is 17.7 Å². The molecule has 0 spiro atoms. The van der Waals surface area contributed by atoms with Crippen LogP contribution in [0.1, 0.15) is 12.0 Å². The third-order valence-corrected chi connectivity index (χ3v) is 4.92. The van der Waals surface area contributed by atoms with Gasteiger partial charge < -0.3 is 20.4 Å². The molecule has 1 atom stereocenters. The van der Waals surface area contributed by atoms with Gasteiger partial charge >= 0.3 is 0 Å². The molecule has 0 aromatic heterocycles. The molecule has 1 aliphatic rings. The molecule has 1 aliphatic heterocycles. The van der Waals surface area contributed by atoms with Crippen molar-refractivity contribution in [3.63, 3.8) is 0 Å². The van der Waals surface area contributed by atoms with Crippen LogP contribution in [0.3, 0.4) is 0 Å². The van der Waals surface area contributed by atoms with Crippen molar-refractivity contribution in [2.75, 3.05) is 44.0 Å². The number of anilines is 2. The molecule has 1 fully saturated rings. The van der Waals surface area contributed by atoms with Crippen molar-refractivity contribution in [3.8, 4) is 0 Å². The number of nitrogens with zero attached hydrogens (tertiary/aromatic N) is 3. The highest BCUT2D eigenvalue weighted by Gasteiger charge is 2.27. The summed E-state index contributed by atoms with van der Waals surface area (Å²) in [6, 6.07) is 12.3. The van der Waals surface area contributed by atoms with Crippen molar-refractivity contribution in [1.82, 2.24) is 10.6 Å². The molecule has 1 saturated heterocycles. The lowest BCUT2D eigenvalue weighted by molar-refractivity contribution is 0.576. The lowest BCUT2D eigenvalue weighted by Crippen LogP contribution is -2.44. The third kappa shape index (κ3) is 4.71. The van der Waals surface area contributed by atoms with Crippen LogP contribution in [0.4, 0.5) is 20.2 Å². The zero-order chi connectivity index (χ0) is 20.1. The van der Waals surface area contributed by atoms with Crippen LogP contribution >= 0.6 is 0 Å². The molecule has 1 heterocycles. The van der Waals surface area contributed by atoms with Gasteiger partial charge in [-0.05, 0) is 36.2 Å². The molecule has 0 aliphatic carbocycles. The molecule has 2 aromatic rings. The maximum atomic E-state index is 14.0. The Hall–Kier alpha value is -2.83. The van der Waals surface area contributed by atoms with Crippen molar-refractivity contribution >= 4 is 17.3 Å². The van der Waals surface area contributed by atoms with Crippen molar-refractivity contribution in [3.05, 3.63) is 59.7 Å². The van der Waals surface area contributed by atoms with E-state index in [4.69, 9.17) is 0 Å². The summed E-state index contributed by atoms with van der Waals surface area (Å²) in [4.78, 5) is 8.07. The van der Waals surface area contributed by atoms with Gasteiger partial charge in [-0.3, -0.25) is 4.99 Å². The van der Waals surface area contributed by atoms with Gasteiger partial charge in [-0.25, -0.2) is 8.78 Å². The Morgan fingerprint density at radius 3 is 2.43 bits per heavy atom. The minimum Gasteiger partial charge on any atom is -0.378 e. The number of rotatable bonds is 5. The minimum atomic E-state index is -0.524. The lowest BCUT2D eigenvalue weighted by atomic mass is 10.2. The predicted octanol–water partition coefficient (Wildman–Crippen LogP) is 2.97. The summed E-state index contributed by atoms with van der Waals surface area (Å²) in [5, 5.41) is 6.65. The minimum absolute atomic E-state index is 0.0516. The number of para-hydroxylation sites is 1. The van der Waals surface area contributed by atoms with Gasteiger partial charge in [0.05, 0.1) is 0 Å². The smallest absolute Gasteiger partial charge is 0.191 e. The highest BCUT2D eigenvalue weighted by molar-refractivity contribution is 5.80. The van der Waals surface area contributed by atoms with Crippen LogP contribution in [0, 0.1) is 11.6 Å². The second-order valence-corrected chi connectivity index (χ2v) is 7.13. The number of aliphatic imine (C=N–C) groups is 1. The van der Waals surface area contributed by atoms with Crippen LogP contribution in [-0.2, 0) is 6.54 Å². The Morgan fingerprint density at radius 1 is 1.14 bits per heavy atom. The Bertz CT molecular complexity index is 800. The average molecular weight is 387 g/mol. The molecule has 5 nitrogen and oxygen atoms in total. The van der Waals surface area contributed by atoms with Crippen LogP contribution in [0.15, 0.2) is 47.5 Å². The number of guanidine groups is 1. The number of nitrogens with one attached hydrogen (secondary N) is 2.